The first kappa shape index (κ1) is 14.5. The number of nitrogens with two attached hydrogens (primary N) is 1. The van der Waals surface area contributed by atoms with Crippen LogP contribution in [0.1, 0.15) is 32.3 Å². The lowest BCUT2D eigenvalue weighted by Crippen LogP contribution is -2.47. The maximum absolute atomic E-state index is 11.9. The fourth-order valence-electron chi connectivity index (χ4n) is 1.88. The number of hydrogen-bond donors (Lipinski definition) is 3. The van der Waals surface area contributed by atoms with E-state index in [1.54, 1.807) is 18.2 Å². The van der Waals surface area contributed by atoms with Crippen LogP contribution in [0.5, 0.6) is 5.75 Å². The Morgan fingerprint density at radius 1 is 1.50 bits per heavy atom. The third kappa shape index (κ3) is 4.37. The largest absolute Gasteiger partial charge is 0.508 e. The summed E-state index contributed by atoms with van der Waals surface area (Å²) in [6.45, 7) is 4.58. The number of nitrogens with one attached hydrogen (secondary N) is 1. The van der Waals surface area contributed by atoms with Gasteiger partial charge in [0, 0.05) is 5.54 Å². The van der Waals surface area contributed by atoms with Gasteiger partial charge in [0.1, 0.15) is 5.75 Å². The summed E-state index contributed by atoms with van der Waals surface area (Å²) >= 11 is 0. The summed E-state index contributed by atoms with van der Waals surface area (Å²) in [5.41, 5.74) is 6.11. The van der Waals surface area contributed by atoms with Gasteiger partial charge in [0.15, 0.2) is 0 Å². The van der Waals surface area contributed by atoms with E-state index in [4.69, 9.17) is 5.73 Å². The van der Waals surface area contributed by atoms with Crippen LogP contribution in [-0.2, 0) is 11.2 Å². The van der Waals surface area contributed by atoms with Gasteiger partial charge in [-0.05, 0) is 44.0 Å². The van der Waals surface area contributed by atoms with Crippen molar-refractivity contribution in [3.8, 4) is 5.75 Å². The van der Waals surface area contributed by atoms with Crippen LogP contribution in [0.3, 0.4) is 0 Å². The lowest BCUT2D eigenvalue weighted by atomic mass is 9.94. The molecule has 1 amide bonds. The molecule has 18 heavy (non-hydrogen) atoms. The topological polar surface area (TPSA) is 75.3 Å². The van der Waals surface area contributed by atoms with Gasteiger partial charge >= 0.3 is 0 Å². The number of benzene rings is 1. The molecule has 0 aliphatic carbocycles. The summed E-state index contributed by atoms with van der Waals surface area (Å²) in [7, 11) is 0. The number of amides is 1. The summed E-state index contributed by atoms with van der Waals surface area (Å²) < 4.78 is 0. The molecule has 0 aliphatic heterocycles. The minimum atomic E-state index is -0.247. The molecule has 1 unspecified atom stereocenters. The van der Waals surface area contributed by atoms with Crippen LogP contribution in [0.15, 0.2) is 24.3 Å². The number of phenolic OH excluding ortho intramolecular Hbond substituents is 1. The Labute approximate surface area is 108 Å². The highest BCUT2D eigenvalue weighted by molar-refractivity contribution is 5.79. The van der Waals surface area contributed by atoms with Gasteiger partial charge in [-0.15, -0.1) is 0 Å². The number of aromatic hydroxyl groups is 1. The van der Waals surface area contributed by atoms with Gasteiger partial charge in [-0.2, -0.15) is 0 Å². The molecule has 0 bridgehead atoms. The predicted molar refractivity (Wildman–Crippen MR) is 72.3 cm³/mol. The first-order valence-corrected chi connectivity index (χ1v) is 6.28. The first-order valence-electron chi connectivity index (χ1n) is 6.28. The normalized spacial score (nSPS) is 13.9. The van der Waals surface area contributed by atoms with Crippen molar-refractivity contribution in [2.24, 2.45) is 5.73 Å². The van der Waals surface area contributed by atoms with E-state index in [0.717, 1.165) is 18.4 Å². The maximum atomic E-state index is 11.9. The van der Waals surface area contributed by atoms with E-state index in [1.807, 2.05) is 19.9 Å². The standard InChI is InChI=1S/C14H22N2O2/c1-3-14(2,7-8-15)16-13(18)10-11-5-4-6-12(17)9-11/h4-6,9,17H,3,7-8,10,15H2,1-2H3,(H,16,18). The fraction of sp³-hybridized carbons (Fsp3) is 0.500. The maximum Gasteiger partial charge on any atom is 0.224 e. The number of carbonyl (C=O) groups excluding carboxylic acids is 1. The van der Waals surface area contributed by atoms with Crippen LogP contribution < -0.4 is 11.1 Å². The van der Waals surface area contributed by atoms with Gasteiger partial charge < -0.3 is 16.2 Å². The van der Waals surface area contributed by atoms with E-state index in [-0.39, 0.29) is 23.6 Å². The van der Waals surface area contributed by atoms with Crippen LogP contribution in [0.25, 0.3) is 0 Å². The van der Waals surface area contributed by atoms with Gasteiger partial charge in [0.2, 0.25) is 5.91 Å². The van der Waals surface area contributed by atoms with E-state index in [2.05, 4.69) is 5.32 Å². The second kappa shape index (κ2) is 6.40. The fourth-order valence-corrected chi connectivity index (χ4v) is 1.88. The number of phenols is 1. The van der Waals surface area contributed by atoms with E-state index in [0.29, 0.717) is 6.54 Å². The summed E-state index contributed by atoms with van der Waals surface area (Å²) in [6, 6.07) is 6.75. The van der Waals surface area contributed by atoms with Crippen LogP contribution in [0, 0.1) is 0 Å². The highest BCUT2D eigenvalue weighted by atomic mass is 16.3. The smallest absolute Gasteiger partial charge is 0.224 e. The summed E-state index contributed by atoms with van der Waals surface area (Å²) in [5.74, 6) is 0.138. The molecule has 0 aromatic heterocycles. The summed E-state index contributed by atoms with van der Waals surface area (Å²) in [4.78, 5) is 11.9. The van der Waals surface area contributed by atoms with E-state index in [1.165, 1.54) is 0 Å². The second-order valence-corrected chi connectivity index (χ2v) is 4.85. The SMILES string of the molecule is CCC(C)(CCN)NC(=O)Cc1cccc(O)c1. The summed E-state index contributed by atoms with van der Waals surface area (Å²) in [6.07, 6.45) is 1.87. The molecule has 1 rings (SSSR count). The van der Waals surface area contributed by atoms with E-state index >= 15 is 0 Å². The zero-order valence-corrected chi connectivity index (χ0v) is 11.1. The molecule has 0 heterocycles. The Balaban J connectivity index is 2.61. The highest BCUT2D eigenvalue weighted by Crippen LogP contribution is 2.15. The minimum absolute atomic E-state index is 0.0431. The molecule has 0 radical (unpaired) electrons. The Hall–Kier alpha value is -1.55. The molecule has 1 atom stereocenters. The second-order valence-electron chi connectivity index (χ2n) is 4.85. The quantitative estimate of drug-likeness (QED) is 0.717. The Morgan fingerprint density at radius 3 is 2.78 bits per heavy atom. The molecule has 0 spiro atoms. The molecule has 0 aliphatic rings. The van der Waals surface area contributed by atoms with Gasteiger partial charge in [-0.1, -0.05) is 19.1 Å². The average molecular weight is 250 g/mol. The molecular weight excluding hydrogens is 228 g/mol. The number of rotatable bonds is 6. The lowest BCUT2D eigenvalue weighted by Gasteiger charge is -2.29. The van der Waals surface area contributed by atoms with Gasteiger partial charge in [-0.3, -0.25) is 4.79 Å². The van der Waals surface area contributed by atoms with Crippen LogP contribution >= 0.6 is 0 Å². The molecule has 1 aromatic carbocycles. The molecule has 1 aromatic rings. The molecule has 100 valence electrons. The zero-order valence-electron chi connectivity index (χ0n) is 11.1. The highest BCUT2D eigenvalue weighted by Gasteiger charge is 2.23. The van der Waals surface area contributed by atoms with Crippen molar-refractivity contribution < 1.29 is 9.90 Å². The monoisotopic (exact) mass is 250 g/mol. The van der Waals surface area contributed by atoms with Gasteiger partial charge in [0.05, 0.1) is 6.42 Å². The van der Waals surface area contributed by atoms with Crippen LogP contribution in [-0.4, -0.2) is 23.1 Å². The third-order valence-corrected chi connectivity index (χ3v) is 3.19. The molecule has 4 N–H and O–H groups in total. The van der Waals surface area contributed by atoms with Crippen molar-refractivity contribution in [1.82, 2.24) is 5.32 Å². The van der Waals surface area contributed by atoms with Gasteiger partial charge in [0.25, 0.3) is 0 Å². The van der Waals surface area contributed by atoms with Crippen molar-refractivity contribution in [3.63, 3.8) is 0 Å². The molecule has 4 heteroatoms. The van der Waals surface area contributed by atoms with Crippen molar-refractivity contribution in [1.29, 1.82) is 0 Å². The molecular formula is C14H22N2O2. The number of hydrogen-bond acceptors (Lipinski definition) is 3. The van der Waals surface area contributed by atoms with E-state index in [9.17, 15) is 9.90 Å². The van der Waals surface area contributed by atoms with Crippen LogP contribution in [0.2, 0.25) is 0 Å². The van der Waals surface area contributed by atoms with Gasteiger partial charge in [-0.25, -0.2) is 0 Å². The Kier molecular flexibility index (Phi) is 5.16. The van der Waals surface area contributed by atoms with E-state index < -0.39 is 0 Å². The van der Waals surface area contributed by atoms with Crippen molar-refractivity contribution >= 4 is 5.91 Å². The zero-order chi connectivity index (χ0) is 13.6. The molecule has 0 fully saturated rings. The van der Waals surface area contributed by atoms with Crippen molar-refractivity contribution in [3.05, 3.63) is 29.8 Å². The Bertz CT molecular complexity index is 407. The molecule has 0 saturated heterocycles. The minimum Gasteiger partial charge on any atom is -0.508 e. The number of carbonyl (C=O) groups is 1. The lowest BCUT2D eigenvalue weighted by molar-refractivity contribution is -0.122. The third-order valence-electron chi connectivity index (χ3n) is 3.19. The predicted octanol–water partition coefficient (Wildman–Crippen LogP) is 1.57. The molecule has 4 nitrogen and oxygen atoms in total. The summed E-state index contributed by atoms with van der Waals surface area (Å²) in [5, 5.41) is 12.4. The Morgan fingerprint density at radius 2 is 2.22 bits per heavy atom. The first-order chi connectivity index (χ1) is 8.49. The van der Waals surface area contributed by atoms with Crippen molar-refractivity contribution in [2.45, 2.75) is 38.6 Å². The molecule has 0 saturated carbocycles. The van der Waals surface area contributed by atoms with Crippen molar-refractivity contribution in [2.75, 3.05) is 6.54 Å². The average Bonchev–Trinajstić information content (AvgIpc) is 2.29. The van der Waals surface area contributed by atoms with Crippen LogP contribution in [0.4, 0.5) is 0 Å².